The van der Waals surface area contributed by atoms with Crippen molar-refractivity contribution in [1.29, 1.82) is 0 Å². The van der Waals surface area contributed by atoms with E-state index in [1.807, 2.05) is 13.8 Å². The van der Waals surface area contributed by atoms with Gasteiger partial charge in [0.25, 0.3) is 10.0 Å². The number of rotatable bonds is 9. The monoisotopic (exact) mass is 300 g/mol. The van der Waals surface area contributed by atoms with E-state index in [4.69, 9.17) is 5.11 Å². The van der Waals surface area contributed by atoms with Crippen molar-refractivity contribution in [2.75, 3.05) is 13.1 Å². The van der Waals surface area contributed by atoms with Crippen molar-refractivity contribution in [2.45, 2.75) is 51.2 Å². The van der Waals surface area contributed by atoms with E-state index in [-0.39, 0.29) is 11.6 Å². The molecule has 0 spiro atoms. The van der Waals surface area contributed by atoms with Crippen LogP contribution in [0.3, 0.4) is 0 Å². The second-order valence-electron chi connectivity index (χ2n) is 4.77. The highest BCUT2D eigenvalue weighted by Gasteiger charge is 2.24. The van der Waals surface area contributed by atoms with Gasteiger partial charge >= 0.3 is 0 Å². The van der Waals surface area contributed by atoms with Crippen molar-refractivity contribution in [3.8, 4) is 0 Å². The summed E-state index contributed by atoms with van der Waals surface area (Å²) in [5.41, 5.74) is 0.609. The highest BCUT2D eigenvalue weighted by Crippen LogP contribution is 2.15. The highest BCUT2D eigenvalue weighted by atomic mass is 32.2. The Morgan fingerprint density at radius 3 is 2.15 bits per heavy atom. The van der Waals surface area contributed by atoms with E-state index in [2.05, 4.69) is 4.98 Å². The Kier molecular flexibility index (Phi) is 7.12. The van der Waals surface area contributed by atoms with Crippen molar-refractivity contribution >= 4 is 10.0 Å². The van der Waals surface area contributed by atoms with Crippen molar-refractivity contribution < 1.29 is 13.5 Å². The molecule has 0 aliphatic rings. The molecule has 0 atom stereocenters. The van der Waals surface area contributed by atoms with E-state index in [1.54, 1.807) is 6.07 Å². The summed E-state index contributed by atoms with van der Waals surface area (Å²) < 4.78 is 26.6. The molecule has 1 aromatic heterocycles. The third kappa shape index (κ3) is 4.54. The van der Waals surface area contributed by atoms with E-state index in [0.717, 1.165) is 25.7 Å². The number of aromatic nitrogens is 1. The van der Waals surface area contributed by atoms with Gasteiger partial charge in [0.1, 0.15) is 0 Å². The van der Waals surface area contributed by atoms with Crippen LogP contribution >= 0.6 is 0 Å². The lowest BCUT2D eigenvalue weighted by atomic mass is 10.3. The Labute approximate surface area is 121 Å². The molecule has 0 aliphatic carbocycles. The van der Waals surface area contributed by atoms with Crippen molar-refractivity contribution in [3.63, 3.8) is 0 Å². The summed E-state index contributed by atoms with van der Waals surface area (Å²) in [6.07, 6.45) is 5.00. The minimum atomic E-state index is -3.53. The molecule has 0 fully saturated rings. The van der Waals surface area contributed by atoms with Crippen LogP contribution in [0.5, 0.6) is 0 Å². The van der Waals surface area contributed by atoms with Gasteiger partial charge < -0.3 is 5.11 Å². The summed E-state index contributed by atoms with van der Waals surface area (Å²) in [6, 6.07) is 3.06. The maximum absolute atomic E-state index is 12.5. The Balaban J connectivity index is 2.94. The third-order valence-corrected chi connectivity index (χ3v) is 4.92. The second kappa shape index (κ2) is 8.34. The first-order chi connectivity index (χ1) is 9.56. The van der Waals surface area contributed by atoms with Crippen molar-refractivity contribution in [1.82, 2.24) is 9.29 Å². The first-order valence-corrected chi connectivity index (χ1v) is 8.56. The lowest BCUT2D eigenvalue weighted by molar-refractivity contribution is 0.281. The number of pyridine rings is 1. The van der Waals surface area contributed by atoms with E-state index in [9.17, 15) is 8.42 Å². The molecule has 0 radical (unpaired) electrons. The van der Waals surface area contributed by atoms with Gasteiger partial charge in [0.15, 0.2) is 5.03 Å². The van der Waals surface area contributed by atoms with Crippen LogP contribution in [0.1, 0.15) is 45.1 Å². The molecule has 1 rings (SSSR count). The minimum Gasteiger partial charge on any atom is -0.392 e. The average Bonchev–Trinajstić information content (AvgIpc) is 2.47. The summed E-state index contributed by atoms with van der Waals surface area (Å²) in [5.74, 6) is 0. The summed E-state index contributed by atoms with van der Waals surface area (Å²) in [6.45, 7) is 5.01. The first-order valence-electron chi connectivity index (χ1n) is 7.12. The van der Waals surface area contributed by atoms with Crippen molar-refractivity contribution in [2.24, 2.45) is 0 Å². The molecular formula is C14H24N2O3S. The Hall–Kier alpha value is -0.980. The van der Waals surface area contributed by atoms with Gasteiger partial charge in [0.2, 0.25) is 0 Å². The Morgan fingerprint density at radius 2 is 1.75 bits per heavy atom. The van der Waals surface area contributed by atoms with E-state index in [1.165, 1.54) is 16.6 Å². The molecule has 0 bridgehead atoms. The van der Waals surface area contributed by atoms with E-state index in [0.29, 0.717) is 18.7 Å². The lowest BCUT2D eigenvalue weighted by Gasteiger charge is -2.21. The minimum absolute atomic E-state index is 0.0573. The van der Waals surface area contributed by atoms with Gasteiger partial charge in [-0.25, -0.2) is 13.4 Å². The summed E-state index contributed by atoms with van der Waals surface area (Å²) in [4.78, 5) is 3.97. The summed E-state index contributed by atoms with van der Waals surface area (Å²) in [7, 11) is -3.53. The van der Waals surface area contributed by atoms with Gasteiger partial charge in [-0.15, -0.1) is 0 Å². The van der Waals surface area contributed by atoms with Gasteiger partial charge in [-0.2, -0.15) is 4.31 Å². The second-order valence-corrected chi connectivity index (χ2v) is 6.66. The normalized spacial score (nSPS) is 12.0. The van der Waals surface area contributed by atoms with Crippen LogP contribution in [0.15, 0.2) is 23.4 Å². The fourth-order valence-electron chi connectivity index (χ4n) is 1.81. The molecule has 0 saturated heterocycles. The molecule has 0 aromatic carbocycles. The molecule has 20 heavy (non-hydrogen) atoms. The quantitative estimate of drug-likeness (QED) is 0.758. The maximum Gasteiger partial charge on any atom is 0.260 e. The zero-order valence-corrected chi connectivity index (χ0v) is 13.1. The third-order valence-electron chi connectivity index (χ3n) is 3.11. The molecular weight excluding hydrogens is 276 g/mol. The van der Waals surface area contributed by atoms with Crippen LogP contribution in [-0.4, -0.2) is 35.9 Å². The molecule has 5 nitrogen and oxygen atoms in total. The molecule has 6 heteroatoms. The van der Waals surface area contributed by atoms with Gasteiger partial charge in [-0.05, 0) is 24.5 Å². The molecule has 1 aromatic rings. The number of hydrogen-bond acceptors (Lipinski definition) is 4. The number of hydrogen-bond donors (Lipinski definition) is 1. The number of sulfonamides is 1. The topological polar surface area (TPSA) is 70.5 Å². The van der Waals surface area contributed by atoms with Gasteiger partial charge in [-0.3, -0.25) is 0 Å². The lowest BCUT2D eigenvalue weighted by Crippen LogP contribution is -2.33. The van der Waals surface area contributed by atoms with Crippen molar-refractivity contribution in [3.05, 3.63) is 23.9 Å². The molecule has 0 amide bonds. The van der Waals surface area contributed by atoms with Gasteiger partial charge in [-0.1, -0.05) is 32.8 Å². The standard InChI is InChI=1S/C14H24N2O3S/c1-3-5-9-16(10-6-4-2)20(18,19)14-8-7-13(12-17)11-15-14/h7-8,11,17H,3-6,9-10,12H2,1-2H3. The molecule has 0 aliphatic heterocycles. The maximum atomic E-state index is 12.5. The average molecular weight is 300 g/mol. The largest absolute Gasteiger partial charge is 0.392 e. The SMILES string of the molecule is CCCCN(CCCC)S(=O)(=O)c1ccc(CO)cn1. The zero-order valence-electron chi connectivity index (χ0n) is 12.2. The molecule has 0 unspecified atom stereocenters. The summed E-state index contributed by atoms with van der Waals surface area (Å²) >= 11 is 0. The van der Waals surface area contributed by atoms with E-state index >= 15 is 0 Å². The van der Waals surface area contributed by atoms with Crippen LogP contribution in [0.4, 0.5) is 0 Å². The molecule has 114 valence electrons. The fraction of sp³-hybridized carbons (Fsp3) is 0.643. The van der Waals surface area contributed by atoms with Gasteiger partial charge in [0, 0.05) is 19.3 Å². The Bertz CT molecular complexity index is 478. The number of aliphatic hydroxyl groups excluding tert-OH is 1. The van der Waals surface area contributed by atoms with Crippen LogP contribution in [0, 0.1) is 0 Å². The zero-order chi connectivity index (χ0) is 15.0. The number of aliphatic hydroxyl groups is 1. The van der Waals surface area contributed by atoms with E-state index < -0.39 is 10.0 Å². The van der Waals surface area contributed by atoms with Crippen LogP contribution in [-0.2, 0) is 16.6 Å². The molecule has 0 saturated carbocycles. The van der Waals surface area contributed by atoms with Crippen LogP contribution < -0.4 is 0 Å². The van der Waals surface area contributed by atoms with Crippen LogP contribution in [0.25, 0.3) is 0 Å². The fourth-order valence-corrected chi connectivity index (χ4v) is 3.24. The number of nitrogens with zero attached hydrogens (tertiary/aromatic N) is 2. The first kappa shape index (κ1) is 17.1. The predicted molar refractivity (Wildman–Crippen MR) is 78.7 cm³/mol. The smallest absolute Gasteiger partial charge is 0.260 e. The van der Waals surface area contributed by atoms with Gasteiger partial charge in [0.05, 0.1) is 6.61 Å². The molecule has 1 N–H and O–H groups in total. The molecule has 1 heterocycles. The number of unbranched alkanes of at least 4 members (excludes halogenated alkanes) is 2. The summed E-state index contributed by atoms with van der Waals surface area (Å²) in [5, 5.41) is 9.03. The predicted octanol–water partition coefficient (Wildman–Crippen LogP) is 2.16. The highest BCUT2D eigenvalue weighted by molar-refractivity contribution is 7.89. The Morgan fingerprint density at radius 1 is 1.15 bits per heavy atom. The van der Waals surface area contributed by atoms with Crippen LogP contribution in [0.2, 0.25) is 0 Å².